The molecule has 4 aliphatic rings. The van der Waals surface area contributed by atoms with Crippen LogP contribution in [-0.4, -0.2) is 17.6 Å². The minimum atomic E-state index is -0.835. The second-order valence-corrected chi connectivity index (χ2v) is 9.20. The van der Waals surface area contributed by atoms with Crippen molar-refractivity contribution < 1.29 is 9.90 Å². The zero-order valence-corrected chi connectivity index (χ0v) is 16.7. The number of benzene rings is 2. The molecule has 0 amide bonds. The lowest BCUT2D eigenvalue weighted by Gasteiger charge is -2.51. The number of carbonyl (C=O) groups is 1. The molecule has 0 saturated heterocycles. The Balaban J connectivity index is 1.59. The van der Waals surface area contributed by atoms with E-state index in [-0.39, 0.29) is 12.0 Å². The van der Waals surface area contributed by atoms with Gasteiger partial charge in [0.15, 0.2) is 0 Å². The summed E-state index contributed by atoms with van der Waals surface area (Å²) in [5, 5.41) is 10.5. The SMILES string of the molecule is O=C(O)c1cc2c3c(c1)[C@@H]1C=CC[C@H]1CN3[C@H](c1ccc(Cl)cc1)[C@H]1CC=C[C@H]21. The number of carboxylic acid groups (broad SMARTS) is 1. The van der Waals surface area contributed by atoms with Gasteiger partial charge >= 0.3 is 5.97 Å². The van der Waals surface area contributed by atoms with Crippen molar-refractivity contribution in [2.45, 2.75) is 30.7 Å². The van der Waals surface area contributed by atoms with Crippen LogP contribution in [0.25, 0.3) is 0 Å². The van der Waals surface area contributed by atoms with Gasteiger partial charge in [-0.15, -0.1) is 0 Å². The first kappa shape index (κ1) is 17.3. The fourth-order valence-electron chi connectivity index (χ4n) is 6.14. The van der Waals surface area contributed by atoms with E-state index in [2.05, 4.69) is 41.3 Å². The predicted octanol–water partition coefficient (Wildman–Crippen LogP) is 5.93. The van der Waals surface area contributed by atoms with E-state index in [9.17, 15) is 9.90 Å². The Hall–Kier alpha value is -2.52. The molecule has 0 saturated carbocycles. The fraction of sp³-hybridized carbons (Fsp3) is 0.320. The molecule has 2 aliphatic carbocycles. The highest BCUT2D eigenvalue weighted by molar-refractivity contribution is 6.30. The Morgan fingerprint density at radius 3 is 2.45 bits per heavy atom. The molecule has 0 aromatic heterocycles. The normalized spacial score (nSPS) is 30.8. The summed E-state index contributed by atoms with van der Waals surface area (Å²) in [5.41, 5.74) is 5.39. The number of aromatic carboxylic acids is 1. The Labute approximate surface area is 175 Å². The van der Waals surface area contributed by atoms with Crippen molar-refractivity contribution in [2.75, 3.05) is 11.4 Å². The number of fused-ring (bicyclic) bond motifs is 4. The third-order valence-corrected chi connectivity index (χ3v) is 7.56. The highest BCUT2D eigenvalue weighted by atomic mass is 35.5. The second kappa shape index (κ2) is 6.24. The molecule has 0 unspecified atom stereocenters. The van der Waals surface area contributed by atoms with Crippen LogP contribution >= 0.6 is 11.6 Å². The maximum Gasteiger partial charge on any atom is 0.335 e. The molecule has 2 aliphatic heterocycles. The van der Waals surface area contributed by atoms with Crippen molar-refractivity contribution in [1.82, 2.24) is 0 Å². The van der Waals surface area contributed by atoms with Gasteiger partial charge in [0, 0.05) is 29.1 Å². The van der Waals surface area contributed by atoms with Crippen LogP contribution in [0.3, 0.4) is 0 Å². The van der Waals surface area contributed by atoms with Crippen LogP contribution in [0, 0.1) is 11.8 Å². The summed E-state index contributed by atoms with van der Waals surface area (Å²) in [5.74, 6) is 0.693. The van der Waals surface area contributed by atoms with E-state index in [0.29, 0.717) is 23.3 Å². The van der Waals surface area contributed by atoms with Crippen molar-refractivity contribution in [1.29, 1.82) is 0 Å². The molecule has 2 heterocycles. The van der Waals surface area contributed by atoms with Gasteiger partial charge in [-0.25, -0.2) is 4.79 Å². The Morgan fingerprint density at radius 1 is 1.00 bits per heavy atom. The third-order valence-electron chi connectivity index (χ3n) is 7.31. The monoisotopic (exact) mass is 403 g/mol. The Kier molecular flexibility index (Phi) is 3.73. The van der Waals surface area contributed by atoms with Crippen molar-refractivity contribution in [3.05, 3.63) is 88.0 Å². The molecule has 1 N–H and O–H groups in total. The van der Waals surface area contributed by atoms with Gasteiger partial charge in [0.1, 0.15) is 0 Å². The fourth-order valence-corrected chi connectivity index (χ4v) is 6.26. The van der Waals surface area contributed by atoms with Crippen LogP contribution in [0.5, 0.6) is 0 Å². The topological polar surface area (TPSA) is 40.5 Å². The highest BCUT2D eigenvalue weighted by Gasteiger charge is 2.48. The van der Waals surface area contributed by atoms with Crippen molar-refractivity contribution in [3.8, 4) is 0 Å². The summed E-state index contributed by atoms with van der Waals surface area (Å²) in [6, 6.07) is 12.5. The molecule has 2 aromatic carbocycles. The number of carboxylic acids is 1. The summed E-state index contributed by atoms with van der Waals surface area (Å²) in [6.45, 7) is 1.01. The number of anilines is 1. The molecule has 0 bridgehead atoms. The van der Waals surface area contributed by atoms with E-state index >= 15 is 0 Å². The molecule has 29 heavy (non-hydrogen) atoms. The molecule has 0 spiro atoms. The van der Waals surface area contributed by atoms with E-state index in [1.54, 1.807) is 0 Å². The van der Waals surface area contributed by atoms with Crippen molar-refractivity contribution in [2.24, 2.45) is 11.8 Å². The first-order valence-electron chi connectivity index (χ1n) is 10.4. The maximum atomic E-state index is 11.9. The van der Waals surface area contributed by atoms with Gasteiger partial charge in [-0.1, -0.05) is 48.0 Å². The zero-order valence-electron chi connectivity index (χ0n) is 16.0. The molecule has 3 nitrogen and oxygen atoms in total. The van der Waals surface area contributed by atoms with Crippen molar-refractivity contribution in [3.63, 3.8) is 0 Å². The molecular weight excluding hydrogens is 382 g/mol. The highest BCUT2D eigenvalue weighted by Crippen LogP contribution is 2.58. The van der Waals surface area contributed by atoms with Crippen molar-refractivity contribution >= 4 is 23.3 Å². The van der Waals surface area contributed by atoms with E-state index in [1.165, 1.54) is 22.4 Å². The number of rotatable bonds is 2. The molecule has 5 atom stereocenters. The van der Waals surface area contributed by atoms with Crippen LogP contribution in [0.15, 0.2) is 60.7 Å². The molecule has 0 fully saturated rings. The lowest BCUT2D eigenvalue weighted by atomic mass is 9.70. The largest absolute Gasteiger partial charge is 0.478 e. The van der Waals surface area contributed by atoms with Gasteiger partial charge < -0.3 is 10.0 Å². The van der Waals surface area contributed by atoms with Crippen LogP contribution in [0.2, 0.25) is 5.02 Å². The quantitative estimate of drug-likeness (QED) is 0.631. The summed E-state index contributed by atoms with van der Waals surface area (Å²) in [6.07, 6.45) is 11.2. The third kappa shape index (κ3) is 2.47. The summed E-state index contributed by atoms with van der Waals surface area (Å²) in [4.78, 5) is 14.5. The van der Waals surface area contributed by atoms with E-state index in [0.717, 1.165) is 24.4 Å². The van der Waals surface area contributed by atoms with Gasteiger partial charge in [-0.05, 0) is 65.6 Å². The predicted molar refractivity (Wildman–Crippen MR) is 115 cm³/mol. The zero-order chi connectivity index (χ0) is 19.7. The van der Waals surface area contributed by atoms with Gasteiger partial charge in [0.25, 0.3) is 0 Å². The Morgan fingerprint density at radius 2 is 1.69 bits per heavy atom. The lowest BCUT2D eigenvalue weighted by Crippen LogP contribution is -2.46. The number of halogens is 1. The van der Waals surface area contributed by atoms with Gasteiger partial charge in [-0.2, -0.15) is 0 Å². The summed E-state index contributed by atoms with van der Waals surface area (Å²) < 4.78 is 0. The van der Waals surface area contributed by atoms with Gasteiger partial charge in [0.2, 0.25) is 0 Å². The van der Waals surface area contributed by atoms with Gasteiger partial charge in [0.05, 0.1) is 11.6 Å². The molecule has 0 radical (unpaired) electrons. The number of nitrogens with zero attached hydrogens (tertiary/aromatic N) is 1. The van der Waals surface area contributed by atoms with E-state index in [4.69, 9.17) is 11.6 Å². The van der Waals surface area contributed by atoms with Crippen LogP contribution in [0.1, 0.15) is 57.8 Å². The molecule has 6 rings (SSSR count). The first-order valence-corrected chi connectivity index (χ1v) is 10.8. The lowest BCUT2D eigenvalue weighted by molar-refractivity contribution is 0.0696. The smallest absolute Gasteiger partial charge is 0.335 e. The van der Waals surface area contributed by atoms with Crippen LogP contribution < -0.4 is 4.90 Å². The van der Waals surface area contributed by atoms with E-state index < -0.39 is 5.97 Å². The minimum absolute atomic E-state index is 0.266. The summed E-state index contributed by atoms with van der Waals surface area (Å²) in [7, 11) is 0. The first-order chi connectivity index (χ1) is 14.1. The molecule has 2 aromatic rings. The summed E-state index contributed by atoms with van der Waals surface area (Å²) >= 11 is 6.18. The standard InChI is InChI=1S/C25H22ClNO2/c26-17-9-7-14(8-10-17)23-20-6-2-5-19(20)22-12-16(25(28)29)11-21-18-4-1-3-15(18)13-27(23)24(21)22/h1-2,4-5,7-12,15,18-20,23H,3,6,13H2,(H,28,29)/t15-,18+,19-,20-,23+/m0/s1. The minimum Gasteiger partial charge on any atom is -0.478 e. The maximum absolute atomic E-state index is 11.9. The van der Waals surface area contributed by atoms with Crippen LogP contribution in [0.4, 0.5) is 5.69 Å². The Bertz CT molecular complexity index is 1050. The number of allylic oxidation sites excluding steroid dienone is 4. The van der Waals surface area contributed by atoms with Gasteiger partial charge in [-0.3, -0.25) is 0 Å². The molecular formula is C25H22ClNO2. The molecule has 146 valence electrons. The number of hydrogen-bond acceptors (Lipinski definition) is 2. The average Bonchev–Trinajstić information content (AvgIpc) is 3.38. The van der Waals surface area contributed by atoms with Crippen LogP contribution in [-0.2, 0) is 0 Å². The second-order valence-electron chi connectivity index (χ2n) is 8.76. The average molecular weight is 404 g/mol. The number of hydrogen-bond donors (Lipinski definition) is 1. The molecule has 4 heteroatoms. The van der Waals surface area contributed by atoms with E-state index in [1.807, 2.05) is 24.3 Å².